The summed E-state index contributed by atoms with van der Waals surface area (Å²) in [6, 6.07) is 17.7. The van der Waals surface area contributed by atoms with E-state index in [-0.39, 0.29) is 11.7 Å². The Bertz CT molecular complexity index is 727. The minimum atomic E-state index is 0.198. The smallest absolute Gasteiger partial charge is 0.163 e. The SMILES string of the molecule is CC(CC(=O)c1ccccc1)c1c[nH]c2ccccc12. The highest BCUT2D eigenvalue weighted by Gasteiger charge is 2.15. The third-order valence-electron chi connectivity index (χ3n) is 3.74. The standard InChI is InChI=1S/C18H17NO/c1-13(11-18(20)14-7-3-2-4-8-14)16-12-19-17-10-6-5-9-15(16)17/h2-10,12-13,19H,11H2,1H3. The lowest BCUT2D eigenvalue weighted by molar-refractivity contribution is 0.0976. The van der Waals surface area contributed by atoms with Crippen LogP contribution < -0.4 is 0 Å². The summed E-state index contributed by atoms with van der Waals surface area (Å²) < 4.78 is 0. The van der Waals surface area contributed by atoms with Gasteiger partial charge in [0.2, 0.25) is 0 Å². The molecular formula is C18H17NO. The molecule has 1 atom stereocenters. The molecule has 1 heterocycles. The Morgan fingerprint density at radius 1 is 1.05 bits per heavy atom. The fraction of sp³-hybridized carbons (Fsp3) is 0.167. The zero-order valence-corrected chi connectivity index (χ0v) is 11.5. The van der Waals surface area contributed by atoms with E-state index in [1.165, 1.54) is 10.9 Å². The highest BCUT2D eigenvalue weighted by Crippen LogP contribution is 2.28. The maximum Gasteiger partial charge on any atom is 0.163 e. The number of para-hydroxylation sites is 1. The quantitative estimate of drug-likeness (QED) is 0.688. The summed E-state index contributed by atoms with van der Waals surface area (Å²) in [5, 5.41) is 1.21. The first-order valence-corrected chi connectivity index (χ1v) is 6.90. The Kier molecular flexibility index (Phi) is 3.38. The maximum atomic E-state index is 12.3. The van der Waals surface area contributed by atoms with Gasteiger partial charge in [0.15, 0.2) is 5.78 Å². The Morgan fingerprint density at radius 2 is 1.75 bits per heavy atom. The van der Waals surface area contributed by atoms with Gasteiger partial charge in [-0.15, -0.1) is 0 Å². The lowest BCUT2D eigenvalue weighted by Gasteiger charge is -2.10. The summed E-state index contributed by atoms with van der Waals surface area (Å²) in [5.74, 6) is 0.405. The van der Waals surface area contributed by atoms with E-state index < -0.39 is 0 Å². The van der Waals surface area contributed by atoms with Gasteiger partial charge in [0.05, 0.1) is 0 Å². The van der Waals surface area contributed by atoms with E-state index in [0.717, 1.165) is 11.1 Å². The first-order chi connectivity index (χ1) is 9.75. The highest BCUT2D eigenvalue weighted by atomic mass is 16.1. The monoisotopic (exact) mass is 263 g/mol. The fourth-order valence-corrected chi connectivity index (χ4v) is 2.63. The van der Waals surface area contributed by atoms with Crippen molar-refractivity contribution in [1.29, 1.82) is 0 Å². The topological polar surface area (TPSA) is 32.9 Å². The van der Waals surface area contributed by atoms with E-state index in [0.29, 0.717) is 6.42 Å². The van der Waals surface area contributed by atoms with Crippen LogP contribution in [0.1, 0.15) is 35.2 Å². The summed E-state index contributed by atoms with van der Waals surface area (Å²) in [6.45, 7) is 2.11. The van der Waals surface area contributed by atoms with Crippen molar-refractivity contribution < 1.29 is 4.79 Å². The Balaban J connectivity index is 1.83. The van der Waals surface area contributed by atoms with Gasteiger partial charge >= 0.3 is 0 Å². The molecule has 0 aliphatic carbocycles. The van der Waals surface area contributed by atoms with Gasteiger partial charge in [-0.2, -0.15) is 0 Å². The molecule has 0 saturated carbocycles. The molecular weight excluding hydrogens is 246 g/mol. The molecule has 0 aliphatic heterocycles. The number of ketones is 1. The zero-order valence-electron chi connectivity index (χ0n) is 11.5. The van der Waals surface area contributed by atoms with Crippen LogP contribution in [0.25, 0.3) is 10.9 Å². The van der Waals surface area contributed by atoms with Gasteiger partial charge in [-0.1, -0.05) is 55.5 Å². The van der Waals surface area contributed by atoms with E-state index in [9.17, 15) is 4.79 Å². The lowest BCUT2D eigenvalue weighted by Crippen LogP contribution is -2.04. The number of nitrogens with one attached hydrogen (secondary N) is 1. The van der Waals surface area contributed by atoms with Gasteiger partial charge in [-0.05, 0) is 17.5 Å². The van der Waals surface area contributed by atoms with Crippen LogP contribution in [0.3, 0.4) is 0 Å². The van der Waals surface area contributed by atoms with Crippen LogP contribution in [0.15, 0.2) is 60.8 Å². The first kappa shape index (κ1) is 12.7. The molecule has 1 N–H and O–H groups in total. The molecule has 0 amide bonds. The van der Waals surface area contributed by atoms with Gasteiger partial charge in [0, 0.05) is 29.1 Å². The van der Waals surface area contributed by atoms with Gasteiger partial charge in [-0.3, -0.25) is 4.79 Å². The maximum absolute atomic E-state index is 12.3. The molecule has 2 aromatic carbocycles. The van der Waals surface area contributed by atoms with E-state index in [1.54, 1.807) is 0 Å². The fourth-order valence-electron chi connectivity index (χ4n) is 2.63. The highest BCUT2D eigenvalue weighted by molar-refractivity contribution is 5.97. The molecule has 2 heteroatoms. The van der Waals surface area contributed by atoms with Crippen LogP contribution in [0.5, 0.6) is 0 Å². The van der Waals surface area contributed by atoms with Crippen LogP contribution in [-0.4, -0.2) is 10.8 Å². The van der Waals surface area contributed by atoms with Gasteiger partial charge in [0.25, 0.3) is 0 Å². The molecule has 0 spiro atoms. The second-order valence-electron chi connectivity index (χ2n) is 5.18. The predicted octanol–water partition coefficient (Wildman–Crippen LogP) is 4.54. The molecule has 2 nitrogen and oxygen atoms in total. The summed E-state index contributed by atoms with van der Waals surface area (Å²) in [7, 11) is 0. The average Bonchev–Trinajstić information content (AvgIpc) is 2.92. The van der Waals surface area contributed by atoms with E-state index in [4.69, 9.17) is 0 Å². The van der Waals surface area contributed by atoms with Crippen molar-refractivity contribution in [3.05, 3.63) is 71.9 Å². The Hall–Kier alpha value is -2.35. The van der Waals surface area contributed by atoms with Crippen molar-refractivity contribution in [2.24, 2.45) is 0 Å². The molecule has 0 fully saturated rings. The Labute approximate surface area is 118 Å². The Morgan fingerprint density at radius 3 is 2.55 bits per heavy atom. The van der Waals surface area contributed by atoms with Crippen LogP contribution in [0, 0.1) is 0 Å². The van der Waals surface area contributed by atoms with Gasteiger partial charge in [0.1, 0.15) is 0 Å². The third-order valence-corrected chi connectivity index (χ3v) is 3.74. The van der Waals surface area contributed by atoms with Crippen LogP contribution in [0.4, 0.5) is 0 Å². The molecule has 20 heavy (non-hydrogen) atoms. The number of H-pyrrole nitrogens is 1. The molecule has 1 unspecified atom stereocenters. The zero-order chi connectivity index (χ0) is 13.9. The molecule has 0 radical (unpaired) electrons. The van der Waals surface area contributed by atoms with Crippen molar-refractivity contribution in [3.8, 4) is 0 Å². The first-order valence-electron chi connectivity index (χ1n) is 6.90. The number of hydrogen-bond donors (Lipinski definition) is 1. The van der Waals surface area contributed by atoms with Gasteiger partial charge in [-0.25, -0.2) is 0 Å². The number of carbonyl (C=O) groups is 1. The van der Waals surface area contributed by atoms with Crippen LogP contribution >= 0.6 is 0 Å². The largest absolute Gasteiger partial charge is 0.361 e. The normalized spacial score (nSPS) is 12.4. The number of rotatable bonds is 4. The van der Waals surface area contributed by atoms with E-state index >= 15 is 0 Å². The van der Waals surface area contributed by atoms with Crippen molar-refractivity contribution in [3.63, 3.8) is 0 Å². The number of hydrogen-bond acceptors (Lipinski definition) is 1. The summed E-state index contributed by atoms with van der Waals surface area (Å²) in [5.41, 5.74) is 3.13. The number of benzene rings is 2. The molecule has 3 rings (SSSR count). The van der Waals surface area contributed by atoms with Crippen molar-refractivity contribution >= 4 is 16.7 Å². The van der Waals surface area contributed by atoms with Gasteiger partial charge < -0.3 is 4.98 Å². The molecule has 0 bridgehead atoms. The van der Waals surface area contributed by atoms with E-state index in [1.807, 2.05) is 48.7 Å². The number of Topliss-reactive ketones (excluding diaryl/α,β-unsaturated/α-hetero) is 1. The molecule has 0 aliphatic rings. The molecule has 0 saturated heterocycles. The molecule has 100 valence electrons. The number of aromatic amines is 1. The molecule has 3 aromatic rings. The summed E-state index contributed by atoms with van der Waals surface area (Å²) in [6.07, 6.45) is 2.56. The van der Waals surface area contributed by atoms with Crippen molar-refractivity contribution in [2.75, 3.05) is 0 Å². The third kappa shape index (κ3) is 2.37. The van der Waals surface area contributed by atoms with Crippen molar-refractivity contribution in [1.82, 2.24) is 4.98 Å². The van der Waals surface area contributed by atoms with Crippen molar-refractivity contribution in [2.45, 2.75) is 19.3 Å². The second-order valence-corrected chi connectivity index (χ2v) is 5.18. The summed E-state index contributed by atoms with van der Waals surface area (Å²) >= 11 is 0. The predicted molar refractivity (Wildman–Crippen MR) is 82.1 cm³/mol. The minimum Gasteiger partial charge on any atom is -0.361 e. The lowest BCUT2D eigenvalue weighted by atomic mass is 9.93. The average molecular weight is 263 g/mol. The second kappa shape index (κ2) is 5.33. The van der Waals surface area contributed by atoms with E-state index in [2.05, 4.69) is 24.0 Å². The number of carbonyl (C=O) groups excluding carboxylic acids is 1. The summed E-state index contributed by atoms with van der Waals surface area (Å²) in [4.78, 5) is 15.5. The number of aromatic nitrogens is 1. The number of fused-ring (bicyclic) bond motifs is 1. The minimum absolute atomic E-state index is 0.198. The molecule has 1 aromatic heterocycles. The van der Waals surface area contributed by atoms with Crippen LogP contribution in [0.2, 0.25) is 0 Å². The van der Waals surface area contributed by atoms with Crippen LogP contribution in [-0.2, 0) is 0 Å².